The van der Waals surface area contributed by atoms with Gasteiger partial charge in [0.2, 0.25) is 0 Å². The first-order valence-electron chi connectivity index (χ1n) is 13.7. The second-order valence-corrected chi connectivity index (χ2v) is 11.3. The summed E-state index contributed by atoms with van der Waals surface area (Å²) in [4.78, 5) is 24.1. The van der Waals surface area contributed by atoms with Crippen molar-refractivity contribution in [3.05, 3.63) is 35.9 Å². The summed E-state index contributed by atoms with van der Waals surface area (Å²) in [6, 6.07) is 4.38. The van der Waals surface area contributed by atoms with Crippen molar-refractivity contribution in [2.24, 2.45) is 11.3 Å². The van der Waals surface area contributed by atoms with E-state index in [0.29, 0.717) is 24.3 Å². The van der Waals surface area contributed by atoms with E-state index in [0.717, 1.165) is 45.4 Å². The van der Waals surface area contributed by atoms with Gasteiger partial charge in [0, 0.05) is 56.8 Å². The SMILES string of the molecule is CCN(C(=O)c1cc(F)ccc1Oc1nncnc1N1CCC2(C1)CN([C@H](CCCO)C(C)C)C2)C(C)C. The lowest BCUT2D eigenvalue weighted by molar-refractivity contribution is -0.0349. The van der Waals surface area contributed by atoms with E-state index >= 15 is 0 Å². The van der Waals surface area contributed by atoms with Crippen LogP contribution in [0.5, 0.6) is 11.6 Å². The zero-order chi connectivity index (χ0) is 27.4. The van der Waals surface area contributed by atoms with Gasteiger partial charge in [0.15, 0.2) is 5.82 Å². The highest BCUT2D eigenvalue weighted by atomic mass is 19.1. The molecule has 0 radical (unpaired) electrons. The molecule has 2 aliphatic heterocycles. The molecule has 10 heteroatoms. The molecule has 2 aliphatic rings. The van der Waals surface area contributed by atoms with Crippen molar-refractivity contribution >= 4 is 11.7 Å². The first-order chi connectivity index (χ1) is 18.2. The highest BCUT2D eigenvalue weighted by Gasteiger charge is 2.50. The van der Waals surface area contributed by atoms with Gasteiger partial charge in [-0.05, 0) is 64.2 Å². The number of carbonyl (C=O) groups excluding carboxylic acids is 1. The van der Waals surface area contributed by atoms with E-state index in [-0.39, 0.29) is 41.2 Å². The Hall–Kier alpha value is -2.85. The van der Waals surface area contributed by atoms with Crippen LogP contribution in [0.3, 0.4) is 0 Å². The van der Waals surface area contributed by atoms with Crippen molar-refractivity contribution in [3.63, 3.8) is 0 Å². The van der Waals surface area contributed by atoms with Crippen LogP contribution in [0.15, 0.2) is 24.5 Å². The lowest BCUT2D eigenvalue weighted by atomic mass is 9.76. The fourth-order valence-electron chi connectivity index (χ4n) is 5.96. The van der Waals surface area contributed by atoms with Crippen molar-refractivity contribution in [1.29, 1.82) is 0 Å². The molecule has 1 spiro atoms. The van der Waals surface area contributed by atoms with Crippen LogP contribution in [0, 0.1) is 17.2 Å². The van der Waals surface area contributed by atoms with E-state index in [1.165, 1.54) is 24.5 Å². The number of aliphatic hydroxyl groups excluding tert-OH is 1. The van der Waals surface area contributed by atoms with Crippen LogP contribution in [-0.4, -0.2) is 87.4 Å². The maximum absolute atomic E-state index is 14.2. The third-order valence-corrected chi connectivity index (χ3v) is 7.89. The average molecular weight is 529 g/mol. The molecular formula is C28H41FN6O3. The van der Waals surface area contributed by atoms with Gasteiger partial charge in [-0.2, -0.15) is 0 Å². The molecule has 38 heavy (non-hydrogen) atoms. The largest absolute Gasteiger partial charge is 0.434 e. The molecule has 2 saturated heterocycles. The topological polar surface area (TPSA) is 94.9 Å². The number of benzene rings is 1. The quantitative estimate of drug-likeness (QED) is 0.468. The predicted molar refractivity (Wildman–Crippen MR) is 144 cm³/mol. The van der Waals surface area contributed by atoms with Crippen LogP contribution in [-0.2, 0) is 0 Å². The first kappa shape index (κ1) is 28.2. The fraction of sp³-hybridized carbons (Fsp3) is 0.643. The maximum Gasteiger partial charge on any atom is 0.282 e. The lowest BCUT2D eigenvalue weighted by Gasteiger charge is -2.53. The fourth-order valence-corrected chi connectivity index (χ4v) is 5.96. The highest BCUT2D eigenvalue weighted by Crippen LogP contribution is 2.44. The number of carbonyl (C=O) groups is 1. The molecule has 1 aromatic carbocycles. The molecule has 0 unspecified atom stereocenters. The van der Waals surface area contributed by atoms with Crippen LogP contribution in [0.25, 0.3) is 0 Å². The van der Waals surface area contributed by atoms with Crippen LogP contribution in [0.4, 0.5) is 10.2 Å². The number of likely N-dealkylation sites (tertiary alicyclic amines) is 1. The van der Waals surface area contributed by atoms with E-state index in [1.807, 2.05) is 20.8 Å². The Labute approximate surface area is 225 Å². The van der Waals surface area contributed by atoms with Crippen LogP contribution in [0.1, 0.15) is 64.2 Å². The number of nitrogens with zero attached hydrogens (tertiary/aromatic N) is 6. The molecule has 1 amide bonds. The third-order valence-electron chi connectivity index (χ3n) is 7.89. The number of amides is 1. The van der Waals surface area contributed by atoms with Gasteiger partial charge in [0.05, 0.1) is 5.56 Å². The number of aliphatic hydroxyl groups is 1. The van der Waals surface area contributed by atoms with Gasteiger partial charge in [-0.3, -0.25) is 9.69 Å². The van der Waals surface area contributed by atoms with Crippen molar-refractivity contribution in [1.82, 2.24) is 25.0 Å². The number of halogens is 1. The van der Waals surface area contributed by atoms with Gasteiger partial charge >= 0.3 is 0 Å². The molecule has 3 heterocycles. The van der Waals surface area contributed by atoms with Gasteiger partial charge in [-0.15, -0.1) is 10.2 Å². The molecule has 1 aromatic heterocycles. The molecule has 0 bridgehead atoms. The molecule has 1 atom stereocenters. The predicted octanol–water partition coefficient (Wildman–Crippen LogP) is 3.98. The van der Waals surface area contributed by atoms with Crippen LogP contribution < -0.4 is 9.64 Å². The van der Waals surface area contributed by atoms with Crippen molar-refractivity contribution in [2.45, 2.75) is 66.0 Å². The average Bonchev–Trinajstić information content (AvgIpc) is 3.31. The summed E-state index contributed by atoms with van der Waals surface area (Å²) in [6.07, 6.45) is 4.27. The second-order valence-electron chi connectivity index (χ2n) is 11.3. The summed E-state index contributed by atoms with van der Waals surface area (Å²) >= 11 is 0. The van der Waals surface area contributed by atoms with E-state index in [9.17, 15) is 14.3 Å². The molecule has 0 aliphatic carbocycles. The standard InChI is InChI=1S/C28H41FN6O3/c1-6-35(20(4)5)27(37)22-14-21(29)9-10-24(22)38-26-25(30-18-31-32-26)33-12-11-28(15-33)16-34(17-28)23(19(2)3)8-7-13-36/h9-10,14,18-20,23,36H,6-8,11-13,15-17H2,1-5H3/t23-/m1/s1. The summed E-state index contributed by atoms with van der Waals surface area (Å²) in [7, 11) is 0. The second kappa shape index (κ2) is 11.9. The van der Waals surface area contributed by atoms with Crippen molar-refractivity contribution in [2.75, 3.05) is 44.2 Å². The molecular weight excluding hydrogens is 487 g/mol. The van der Waals surface area contributed by atoms with Crippen molar-refractivity contribution in [3.8, 4) is 11.6 Å². The number of rotatable bonds is 11. The number of hydrogen-bond donors (Lipinski definition) is 1. The Balaban J connectivity index is 1.51. The molecule has 2 aromatic rings. The number of anilines is 1. The summed E-state index contributed by atoms with van der Waals surface area (Å²) in [5.41, 5.74) is 0.331. The van der Waals surface area contributed by atoms with Crippen LogP contribution in [0.2, 0.25) is 0 Å². The normalized spacial score (nSPS) is 17.8. The van der Waals surface area contributed by atoms with Crippen LogP contribution >= 0.6 is 0 Å². The number of ether oxygens (including phenoxy) is 1. The van der Waals surface area contributed by atoms with E-state index < -0.39 is 5.82 Å². The van der Waals surface area contributed by atoms with Gasteiger partial charge in [-0.1, -0.05) is 13.8 Å². The molecule has 208 valence electrons. The summed E-state index contributed by atoms with van der Waals surface area (Å²) in [5, 5.41) is 17.4. The monoisotopic (exact) mass is 528 g/mol. The smallest absolute Gasteiger partial charge is 0.282 e. The summed E-state index contributed by atoms with van der Waals surface area (Å²) in [6.45, 7) is 14.6. The Morgan fingerprint density at radius 1 is 1.24 bits per heavy atom. The molecule has 4 rings (SSSR count). The zero-order valence-corrected chi connectivity index (χ0v) is 23.2. The first-order valence-corrected chi connectivity index (χ1v) is 13.7. The van der Waals surface area contributed by atoms with Gasteiger partial charge in [0.25, 0.3) is 11.8 Å². The van der Waals surface area contributed by atoms with E-state index in [1.54, 1.807) is 4.90 Å². The highest BCUT2D eigenvalue weighted by molar-refractivity contribution is 5.97. The Morgan fingerprint density at radius 2 is 2.00 bits per heavy atom. The van der Waals surface area contributed by atoms with Gasteiger partial charge in [0.1, 0.15) is 17.9 Å². The minimum atomic E-state index is -0.507. The maximum atomic E-state index is 14.2. The number of hydrogen-bond acceptors (Lipinski definition) is 8. The lowest BCUT2D eigenvalue weighted by Crippen LogP contribution is -2.61. The minimum absolute atomic E-state index is 0.0425. The molecule has 0 saturated carbocycles. The summed E-state index contributed by atoms with van der Waals surface area (Å²) < 4.78 is 20.3. The molecule has 2 fully saturated rings. The van der Waals surface area contributed by atoms with Gasteiger partial charge < -0.3 is 19.6 Å². The van der Waals surface area contributed by atoms with E-state index in [4.69, 9.17) is 4.74 Å². The Bertz CT molecular complexity index is 1110. The molecule has 1 N–H and O–H groups in total. The Morgan fingerprint density at radius 3 is 2.66 bits per heavy atom. The van der Waals surface area contributed by atoms with Crippen molar-refractivity contribution < 1.29 is 19.0 Å². The third kappa shape index (κ3) is 5.91. The molecule has 9 nitrogen and oxygen atoms in total. The Kier molecular flexibility index (Phi) is 8.82. The summed E-state index contributed by atoms with van der Waals surface area (Å²) in [5.74, 6) is 0.742. The zero-order valence-electron chi connectivity index (χ0n) is 23.2. The number of aromatic nitrogens is 3. The van der Waals surface area contributed by atoms with Gasteiger partial charge in [-0.25, -0.2) is 9.37 Å². The minimum Gasteiger partial charge on any atom is -0.434 e. The van der Waals surface area contributed by atoms with E-state index in [2.05, 4.69) is 38.8 Å².